The Balaban J connectivity index is 1.30. The molecular formula is C37H54O3. The summed E-state index contributed by atoms with van der Waals surface area (Å²) in [5.74, 6) is 3.70. The first-order chi connectivity index (χ1) is 19.6. The van der Waals surface area contributed by atoms with Crippen LogP contribution in [0.15, 0.2) is 60.7 Å². The molecule has 1 saturated carbocycles. The molecule has 2 aromatic carbocycles. The molecule has 0 amide bonds. The Morgan fingerprint density at radius 3 is 2.20 bits per heavy atom. The zero-order valence-electron chi connectivity index (χ0n) is 25.5. The zero-order chi connectivity index (χ0) is 28.4. The summed E-state index contributed by atoms with van der Waals surface area (Å²) in [6.07, 6.45) is 23.9. The van der Waals surface area contributed by atoms with Crippen LogP contribution in [0.2, 0.25) is 0 Å². The molecule has 1 atom stereocenters. The van der Waals surface area contributed by atoms with E-state index in [4.69, 9.17) is 9.47 Å². The van der Waals surface area contributed by atoms with Gasteiger partial charge in [0.05, 0.1) is 12.2 Å². The molecule has 1 aliphatic rings. The minimum Gasteiger partial charge on any atom is -0.494 e. The summed E-state index contributed by atoms with van der Waals surface area (Å²) in [4.78, 5) is 12.6. The van der Waals surface area contributed by atoms with Gasteiger partial charge in [-0.1, -0.05) is 102 Å². The number of hydrogen-bond acceptors (Lipinski definition) is 3. The van der Waals surface area contributed by atoms with Crippen molar-refractivity contribution in [3.63, 3.8) is 0 Å². The molecule has 1 fully saturated rings. The average Bonchev–Trinajstić information content (AvgIpc) is 2.99. The number of hydrogen-bond donors (Lipinski definition) is 0. The van der Waals surface area contributed by atoms with Gasteiger partial charge < -0.3 is 9.47 Å². The van der Waals surface area contributed by atoms with Crippen LogP contribution in [0.25, 0.3) is 0 Å². The summed E-state index contributed by atoms with van der Waals surface area (Å²) in [5, 5.41) is 0. The van der Waals surface area contributed by atoms with Crippen molar-refractivity contribution in [3.05, 3.63) is 71.8 Å². The zero-order valence-corrected chi connectivity index (χ0v) is 25.5. The molecule has 0 spiro atoms. The molecule has 3 rings (SSSR count). The number of aryl methyl sites for hydroxylation is 1. The number of allylic oxidation sites excluding steroid dienone is 2. The minimum atomic E-state index is -0.331. The van der Waals surface area contributed by atoms with Gasteiger partial charge in [-0.25, -0.2) is 4.79 Å². The summed E-state index contributed by atoms with van der Waals surface area (Å²) in [5.41, 5.74) is 1.87. The van der Waals surface area contributed by atoms with Crippen molar-refractivity contribution in [3.8, 4) is 11.5 Å². The molecule has 1 aliphatic carbocycles. The van der Waals surface area contributed by atoms with Crippen LogP contribution in [-0.4, -0.2) is 12.6 Å². The topological polar surface area (TPSA) is 35.5 Å². The molecule has 0 heterocycles. The van der Waals surface area contributed by atoms with Gasteiger partial charge in [0.15, 0.2) is 0 Å². The Morgan fingerprint density at radius 2 is 1.52 bits per heavy atom. The van der Waals surface area contributed by atoms with Crippen LogP contribution in [0.3, 0.4) is 0 Å². The summed E-state index contributed by atoms with van der Waals surface area (Å²) in [6.45, 7) is 7.40. The van der Waals surface area contributed by atoms with Gasteiger partial charge in [0, 0.05) is 0 Å². The van der Waals surface area contributed by atoms with Crippen LogP contribution in [0.5, 0.6) is 11.5 Å². The third-order valence-electron chi connectivity index (χ3n) is 8.81. The molecule has 0 aliphatic heterocycles. The van der Waals surface area contributed by atoms with Crippen molar-refractivity contribution in [2.45, 2.75) is 117 Å². The van der Waals surface area contributed by atoms with Gasteiger partial charge in [-0.05, 0) is 98.7 Å². The quantitative estimate of drug-likeness (QED) is 0.0807. The minimum absolute atomic E-state index is 0.331. The highest BCUT2D eigenvalue weighted by atomic mass is 16.5. The second-order valence-corrected chi connectivity index (χ2v) is 12.0. The highest BCUT2D eigenvalue weighted by molar-refractivity contribution is 5.91. The van der Waals surface area contributed by atoms with E-state index in [0.29, 0.717) is 11.3 Å². The molecule has 3 heteroatoms. The molecule has 0 unspecified atom stereocenters. The lowest BCUT2D eigenvalue weighted by atomic mass is 9.78. The molecular weight excluding hydrogens is 492 g/mol. The highest BCUT2D eigenvalue weighted by Gasteiger charge is 2.20. The number of benzene rings is 2. The maximum atomic E-state index is 12.6. The van der Waals surface area contributed by atoms with E-state index >= 15 is 0 Å². The van der Waals surface area contributed by atoms with Crippen molar-refractivity contribution in [2.24, 2.45) is 17.8 Å². The van der Waals surface area contributed by atoms with Crippen LogP contribution in [0, 0.1) is 17.8 Å². The van der Waals surface area contributed by atoms with E-state index in [0.717, 1.165) is 43.0 Å². The van der Waals surface area contributed by atoms with Gasteiger partial charge in [0.2, 0.25) is 0 Å². The molecule has 3 nitrogen and oxygen atoms in total. The Labute approximate surface area is 244 Å². The van der Waals surface area contributed by atoms with E-state index in [2.05, 4.69) is 45.1 Å². The standard InChI is InChI=1S/C37H54O3/c1-4-6-7-8-11-14-31-15-17-32(18-16-31)19-20-33-21-25-36(26-22-33)40-37(38)34-23-27-35(28-24-34)39-29-12-9-10-13-30(3)5-2/h4,6,21-28,30-32H,5,7-20,29H2,1-3H3/b6-4+/t30-,31-,32-/m0/s1. The molecule has 40 heavy (non-hydrogen) atoms. The van der Waals surface area contributed by atoms with E-state index in [1.165, 1.54) is 89.0 Å². The van der Waals surface area contributed by atoms with Crippen LogP contribution in [0.4, 0.5) is 0 Å². The van der Waals surface area contributed by atoms with Crippen molar-refractivity contribution >= 4 is 5.97 Å². The predicted octanol–water partition coefficient (Wildman–Crippen LogP) is 10.8. The maximum absolute atomic E-state index is 12.6. The molecule has 0 radical (unpaired) electrons. The van der Waals surface area contributed by atoms with E-state index in [1.54, 1.807) is 12.1 Å². The smallest absolute Gasteiger partial charge is 0.343 e. The third kappa shape index (κ3) is 12.3. The van der Waals surface area contributed by atoms with Crippen molar-refractivity contribution in [2.75, 3.05) is 6.61 Å². The molecule has 0 saturated heterocycles. The first-order valence-electron chi connectivity index (χ1n) is 16.2. The lowest BCUT2D eigenvalue weighted by molar-refractivity contribution is 0.0734. The largest absolute Gasteiger partial charge is 0.494 e. The van der Waals surface area contributed by atoms with E-state index in [-0.39, 0.29) is 5.97 Å². The van der Waals surface area contributed by atoms with Crippen LogP contribution < -0.4 is 9.47 Å². The van der Waals surface area contributed by atoms with Gasteiger partial charge in [-0.15, -0.1) is 0 Å². The predicted molar refractivity (Wildman–Crippen MR) is 168 cm³/mol. The monoisotopic (exact) mass is 546 g/mol. The van der Waals surface area contributed by atoms with Crippen LogP contribution in [0.1, 0.15) is 127 Å². The summed E-state index contributed by atoms with van der Waals surface area (Å²) >= 11 is 0. The average molecular weight is 547 g/mol. The number of esters is 1. The number of ether oxygens (including phenoxy) is 2. The van der Waals surface area contributed by atoms with Gasteiger partial charge >= 0.3 is 5.97 Å². The fourth-order valence-electron chi connectivity index (χ4n) is 5.78. The normalized spacial score (nSPS) is 18.1. The number of unbranched alkanes of at least 4 members (excludes halogenated alkanes) is 4. The van der Waals surface area contributed by atoms with Crippen LogP contribution in [-0.2, 0) is 6.42 Å². The molecule has 0 N–H and O–H groups in total. The van der Waals surface area contributed by atoms with Gasteiger partial charge in [-0.2, -0.15) is 0 Å². The fourth-order valence-corrected chi connectivity index (χ4v) is 5.78. The Hall–Kier alpha value is -2.55. The first-order valence-corrected chi connectivity index (χ1v) is 16.2. The highest BCUT2D eigenvalue weighted by Crippen LogP contribution is 2.34. The van der Waals surface area contributed by atoms with E-state index in [9.17, 15) is 4.79 Å². The lowest BCUT2D eigenvalue weighted by Gasteiger charge is -2.28. The number of carbonyl (C=O) groups excluding carboxylic acids is 1. The van der Waals surface area contributed by atoms with Crippen molar-refractivity contribution in [1.82, 2.24) is 0 Å². The number of carbonyl (C=O) groups is 1. The molecule has 220 valence electrons. The Morgan fingerprint density at radius 1 is 0.850 bits per heavy atom. The SMILES string of the molecule is C/C=C/CCCC[C@H]1CC[C@H](CCc2ccc(OC(=O)c3ccc(OCCCCC[C@@H](C)CC)cc3)cc2)CC1. The van der Waals surface area contributed by atoms with Crippen LogP contribution >= 0.6 is 0 Å². The Kier molecular flexibility index (Phi) is 15.0. The summed E-state index contributed by atoms with van der Waals surface area (Å²) in [7, 11) is 0. The molecule has 2 aromatic rings. The second-order valence-electron chi connectivity index (χ2n) is 12.0. The van der Waals surface area contributed by atoms with Gasteiger partial charge in [-0.3, -0.25) is 0 Å². The summed E-state index contributed by atoms with van der Waals surface area (Å²) in [6, 6.07) is 15.4. The first kappa shape index (κ1) is 32.0. The van der Waals surface area contributed by atoms with E-state index < -0.39 is 0 Å². The third-order valence-corrected chi connectivity index (χ3v) is 8.81. The summed E-state index contributed by atoms with van der Waals surface area (Å²) < 4.78 is 11.5. The maximum Gasteiger partial charge on any atom is 0.343 e. The second kappa shape index (κ2) is 18.7. The Bertz CT molecular complexity index is 967. The number of rotatable bonds is 18. The van der Waals surface area contributed by atoms with Gasteiger partial charge in [0.25, 0.3) is 0 Å². The fraction of sp³-hybridized carbons (Fsp3) is 0.595. The van der Waals surface area contributed by atoms with Gasteiger partial charge in [0.1, 0.15) is 11.5 Å². The van der Waals surface area contributed by atoms with Crippen molar-refractivity contribution in [1.29, 1.82) is 0 Å². The lowest BCUT2D eigenvalue weighted by Crippen LogP contribution is -2.15. The molecule has 0 bridgehead atoms. The molecule has 0 aromatic heterocycles. The van der Waals surface area contributed by atoms with Crippen molar-refractivity contribution < 1.29 is 14.3 Å². The van der Waals surface area contributed by atoms with E-state index in [1.807, 2.05) is 24.3 Å².